The van der Waals surface area contributed by atoms with Gasteiger partial charge in [-0.3, -0.25) is 19.7 Å². The molecule has 0 unspecified atom stereocenters. The number of hydrogen-bond donors (Lipinski definition) is 2. The van der Waals surface area contributed by atoms with Crippen molar-refractivity contribution >= 4 is 23.1 Å². The van der Waals surface area contributed by atoms with Crippen molar-refractivity contribution in [1.82, 2.24) is 20.6 Å². The van der Waals surface area contributed by atoms with E-state index in [9.17, 15) is 19.7 Å². The SMILES string of the molecule is CCC(=O)C(=O)Nc1ccc(-c2nn[nH]n2)cc1[N+](=O)[O-]. The minimum Gasteiger partial charge on any atom is -0.314 e. The molecular formula is C11H10N6O4. The van der Waals surface area contributed by atoms with Crippen LogP contribution in [0.4, 0.5) is 11.4 Å². The Hall–Kier alpha value is -3.17. The summed E-state index contributed by atoms with van der Waals surface area (Å²) in [7, 11) is 0. The third-order valence-electron chi connectivity index (χ3n) is 2.62. The van der Waals surface area contributed by atoms with Gasteiger partial charge in [-0.2, -0.15) is 5.21 Å². The molecular weight excluding hydrogens is 280 g/mol. The number of nitro benzene ring substituents is 1. The molecule has 0 aliphatic carbocycles. The Morgan fingerprint density at radius 3 is 2.76 bits per heavy atom. The van der Waals surface area contributed by atoms with Crippen molar-refractivity contribution in [2.24, 2.45) is 0 Å². The van der Waals surface area contributed by atoms with E-state index in [-0.39, 0.29) is 23.6 Å². The number of aromatic nitrogens is 4. The maximum Gasteiger partial charge on any atom is 0.293 e. The van der Waals surface area contributed by atoms with Crippen molar-refractivity contribution in [3.05, 3.63) is 28.3 Å². The lowest BCUT2D eigenvalue weighted by Crippen LogP contribution is -2.22. The normalized spacial score (nSPS) is 10.1. The van der Waals surface area contributed by atoms with Crippen LogP contribution in [0, 0.1) is 10.1 Å². The number of nitrogens with one attached hydrogen (secondary N) is 2. The monoisotopic (exact) mass is 290 g/mol. The van der Waals surface area contributed by atoms with Crippen molar-refractivity contribution in [2.75, 3.05) is 5.32 Å². The molecule has 0 saturated heterocycles. The number of tetrazole rings is 1. The molecule has 2 N–H and O–H groups in total. The van der Waals surface area contributed by atoms with Crippen LogP contribution in [0.15, 0.2) is 18.2 Å². The highest BCUT2D eigenvalue weighted by molar-refractivity contribution is 6.40. The number of rotatable bonds is 5. The van der Waals surface area contributed by atoms with Gasteiger partial charge in [-0.05, 0) is 17.3 Å². The quantitative estimate of drug-likeness (QED) is 0.468. The van der Waals surface area contributed by atoms with Crippen molar-refractivity contribution in [3.63, 3.8) is 0 Å². The van der Waals surface area contributed by atoms with Gasteiger partial charge in [0.2, 0.25) is 11.6 Å². The predicted octanol–water partition coefficient (Wildman–Crippen LogP) is 0.692. The van der Waals surface area contributed by atoms with E-state index in [0.717, 1.165) is 0 Å². The number of amides is 1. The summed E-state index contributed by atoms with van der Waals surface area (Å²) < 4.78 is 0. The Labute approximate surface area is 117 Å². The second kappa shape index (κ2) is 5.86. The number of aromatic amines is 1. The fourth-order valence-electron chi connectivity index (χ4n) is 1.56. The van der Waals surface area contributed by atoms with E-state index in [1.54, 1.807) is 0 Å². The summed E-state index contributed by atoms with van der Waals surface area (Å²) in [4.78, 5) is 33.1. The van der Waals surface area contributed by atoms with Gasteiger partial charge >= 0.3 is 0 Å². The fraction of sp³-hybridized carbons (Fsp3) is 0.182. The molecule has 1 amide bonds. The number of Topliss-reactive ketones (excluding diaryl/α,β-unsaturated/α-hetero) is 1. The number of nitrogens with zero attached hydrogens (tertiary/aromatic N) is 4. The molecule has 2 rings (SSSR count). The maximum atomic E-state index is 11.5. The molecule has 10 heteroatoms. The number of anilines is 1. The van der Waals surface area contributed by atoms with Crippen LogP contribution in [0.2, 0.25) is 0 Å². The van der Waals surface area contributed by atoms with E-state index in [1.807, 2.05) is 0 Å². The van der Waals surface area contributed by atoms with Crippen molar-refractivity contribution in [2.45, 2.75) is 13.3 Å². The highest BCUT2D eigenvalue weighted by Crippen LogP contribution is 2.29. The van der Waals surface area contributed by atoms with Crippen LogP contribution in [-0.4, -0.2) is 37.2 Å². The molecule has 2 aromatic rings. The lowest BCUT2D eigenvalue weighted by molar-refractivity contribution is -0.383. The first-order valence-corrected chi connectivity index (χ1v) is 5.89. The second-order valence-electron chi connectivity index (χ2n) is 3.96. The molecule has 0 aliphatic heterocycles. The van der Waals surface area contributed by atoms with E-state index < -0.39 is 16.6 Å². The Bertz CT molecular complexity index is 697. The summed E-state index contributed by atoms with van der Waals surface area (Å²) in [6.07, 6.45) is 0.0145. The Balaban J connectivity index is 2.36. The number of hydrogen-bond acceptors (Lipinski definition) is 7. The fourth-order valence-corrected chi connectivity index (χ4v) is 1.56. The van der Waals surface area contributed by atoms with Crippen molar-refractivity contribution < 1.29 is 14.5 Å². The van der Waals surface area contributed by atoms with Gasteiger partial charge in [0, 0.05) is 18.1 Å². The lowest BCUT2D eigenvalue weighted by atomic mass is 10.1. The topological polar surface area (TPSA) is 144 Å². The summed E-state index contributed by atoms with van der Waals surface area (Å²) in [5, 5.41) is 26.3. The van der Waals surface area contributed by atoms with Gasteiger partial charge in [0.05, 0.1) is 4.92 Å². The third kappa shape index (κ3) is 3.05. The molecule has 0 spiro atoms. The maximum absolute atomic E-state index is 11.5. The highest BCUT2D eigenvalue weighted by atomic mass is 16.6. The molecule has 21 heavy (non-hydrogen) atoms. The summed E-state index contributed by atoms with van der Waals surface area (Å²) in [6.45, 7) is 1.52. The molecule has 0 bridgehead atoms. The van der Waals surface area contributed by atoms with Crippen LogP contribution in [-0.2, 0) is 9.59 Å². The van der Waals surface area contributed by atoms with Crippen LogP contribution >= 0.6 is 0 Å². The molecule has 108 valence electrons. The van der Waals surface area contributed by atoms with E-state index in [4.69, 9.17) is 0 Å². The van der Waals surface area contributed by atoms with Gasteiger partial charge in [0.15, 0.2) is 0 Å². The summed E-state index contributed by atoms with van der Waals surface area (Å²) in [6, 6.07) is 3.98. The number of nitro groups is 1. The zero-order chi connectivity index (χ0) is 15.4. The first-order valence-electron chi connectivity index (χ1n) is 5.89. The van der Waals surface area contributed by atoms with Gasteiger partial charge in [0.25, 0.3) is 11.6 Å². The zero-order valence-electron chi connectivity index (χ0n) is 10.9. The third-order valence-corrected chi connectivity index (χ3v) is 2.62. The van der Waals surface area contributed by atoms with Gasteiger partial charge in [-0.25, -0.2) is 0 Å². The molecule has 10 nitrogen and oxygen atoms in total. The molecule has 0 saturated carbocycles. The Morgan fingerprint density at radius 1 is 1.43 bits per heavy atom. The number of carbonyl (C=O) groups excluding carboxylic acids is 2. The zero-order valence-corrected chi connectivity index (χ0v) is 10.9. The van der Waals surface area contributed by atoms with Crippen LogP contribution in [0.3, 0.4) is 0 Å². The lowest BCUT2D eigenvalue weighted by Gasteiger charge is -2.05. The van der Waals surface area contributed by atoms with Gasteiger partial charge in [0.1, 0.15) is 5.69 Å². The van der Waals surface area contributed by atoms with Gasteiger partial charge < -0.3 is 5.32 Å². The van der Waals surface area contributed by atoms with Crippen LogP contribution < -0.4 is 5.32 Å². The molecule has 0 fully saturated rings. The first kappa shape index (κ1) is 14.2. The number of benzene rings is 1. The molecule has 0 atom stereocenters. The average molecular weight is 290 g/mol. The highest BCUT2D eigenvalue weighted by Gasteiger charge is 2.20. The smallest absolute Gasteiger partial charge is 0.293 e. The summed E-state index contributed by atoms with van der Waals surface area (Å²) >= 11 is 0. The van der Waals surface area contributed by atoms with Crippen LogP contribution in [0.5, 0.6) is 0 Å². The largest absolute Gasteiger partial charge is 0.314 e. The number of H-pyrrole nitrogens is 1. The summed E-state index contributed by atoms with van der Waals surface area (Å²) in [5.74, 6) is -1.37. The predicted molar refractivity (Wildman–Crippen MR) is 70.2 cm³/mol. The Morgan fingerprint density at radius 2 is 2.19 bits per heavy atom. The Kier molecular flexibility index (Phi) is 3.97. The number of ketones is 1. The minimum absolute atomic E-state index is 0.0145. The number of carbonyl (C=O) groups is 2. The summed E-state index contributed by atoms with van der Waals surface area (Å²) in [5.41, 5.74) is -0.0798. The van der Waals surface area contributed by atoms with Gasteiger partial charge in [-0.1, -0.05) is 6.92 Å². The van der Waals surface area contributed by atoms with E-state index >= 15 is 0 Å². The van der Waals surface area contributed by atoms with Crippen molar-refractivity contribution in [3.8, 4) is 11.4 Å². The van der Waals surface area contributed by atoms with E-state index in [0.29, 0.717) is 5.56 Å². The molecule has 1 heterocycles. The molecule has 0 aliphatic rings. The molecule has 0 radical (unpaired) electrons. The van der Waals surface area contributed by atoms with E-state index in [1.165, 1.54) is 25.1 Å². The van der Waals surface area contributed by atoms with E-state index in [2.05, 4.69) is 25.9 Å². The van der Waals surface area contributed by atoms with Crippen molar-refractivity contribution in [1.29, 1.82) is 0 Å². The molecule has 1 aromatic carbocycles. The van der Waals surface area contributed by atoms with Crippen LogP contribution in [0.25, 0.3) is 11.4 Å². The molecule has 1 aromatic heterocycles. The average Bonchev–Trinajstić information content (AvgIpc) is 3.00. The first-order chi connectivity index (χ1) is 10.0. The minimum atomic E-state index is -0.895. The standard InChI is InChI=1S/C11H10N6O4/c1-2-9(18)11(19)12-7-4-3-6(5-8(7)17(20)21)10-13-15-16-14-10/h3-5H,2H2,1H3,(H,12,19)(H,13,14,15,16). The van der Waals surface area contributed by atoms with Gasteiger partial charge in [-0.15, -0.1) is 10.2 Å². The second-order valence-corrected chi connectivity index (χ2v) is 3.96. The van der Waals surface area contributed by atoms with Crippen LogP contribution in [0.1, 0.15) is 13.3 Å².